The number of ether oxygens (including phenoxy) is 2. The summed E-state index contributed by atoms with van der Waals surface area (Å²) in [7, 11) is 1.55. The third kappa shape index (κ3) is 4.62. The van der Waals surface area contributed by atoms with Crippen molar-refractivity contribution in [3.05, 3.63) is 53.1 Å². The molecule has 0 spiro atoms. The molecule has 0 heterocycles. The van der Waals surface area contributed by atoms with Gasteiger partial charge in [-0.15, -0.1) is 0 Å². The molecule has 0 bridgehead atoms. The first kappa shape index (κ1) is 16.6. The highest BCUT2D eigenvalue weighted by Crippen LogP contribution is 2.23. The lowest BCUT2D eigenvalue weighted by atomic mass is 10.2. The van der Waals surface area contributed by atoms with Crippen molar-refractivity contribution in [2.24, 2.45) is 0 Å². The Labute approximate surface area is 137 Å². The maximum atomic E-state index is 11.9. The van der Waals surface area contributed by atoms with Gasteiger partial charge < -0.3 is 19.9 Å². The van der Waals surface area contributed by atoms with E-state index >= 15 is 0 Å². The molecule has 0 aromatic heterocycles. The second-order valence-corrected chi connectivity index (χ2v) is 4.92. The Morgan fingerprint density at radius 3 is 2.39 bits per heavy atom. The third-order valence-electron chi connectivity index (χ3n) is 2.92. The van der Waals surface area contributed by atoms with E-state index in [9.17, 15) is 9.59 Å². The lowest BCUT2D eigenvalue weighted by Crippen LogP contribution is -2.20. The van der Waals surface area contributed by atoms with E-state index in [1.165, 1.54) is 18.2 Å². The Balaban J connectivity index is 1.96. The largest absolute Gasteiger partial charge is 0.497 e. The van der Waals surface area contributed by atoms with Gasteiger partial charge in [-0.1, -0.05) is 11.6 Å². The molecule has 120 valence electrons. The maximum Gasteiger partial charge on any atom is 0.335 e. The molecule has 0 atom stereocenters. The Morgan fingerprint density at radius 1 is 1.13 bits per heavy atom. The summed E-state index contributed by atoms with van der Waals surface area (Å²) in [6.07, 6.45) is 0. The number of anilines is 1. The highest BCUT2D eigenvalue weighted by molar-refractivity contribution is 6.33. The SMILES string of the molecule is COc1ccc(OCC(=O)Nc2cc(C(=O)O)ccc2Cl)cc1. The quantitative estimate of drug-likeness (QED) is 0.847. The maximum absolute atomic E-state index is 11.9. The number of carbonyl (C=O) groups is 2. The monoisotopic (exact) mass is 335 g/mol. The van der Waals surface area contributed by atoms with Crippen molar-refractivity contribution in [1.29, 1.82) is 0 Å². The predicted molar refractivity (Wildman–Crippen MR) is 85.5 cm³/mol. The van der Waals surface area contributed by atoms with E-state index in [1.54, 1.807) is 31.4 Å². The van der Waals surface area contributed by atoms with Crippen LogP contribution < -0.4 is 14.8 Å². The summed E-state index contributed by atoms with van der Waals surface area (Å²) >= 11 is 5.93. The fraction of sp³-hybridized carbons (Fsp3) is 0.125. The average molecular weight is 336 g/mol. The van der Waals surface area contributed by atoms with Gasteiger partial charge in [-0.3, -0.25) is 4.79 Å². The molecule has 7 heteroatoms. The van der Waals surface area contributed by atoms with E-state index in [4.69, 9.17) is 26.2 Å². The van der Waals surface area contributed by atoms with Crippen LogP contribution in [0.5, 0.6) is 11.5 Å². The van der Waals surface area contributed by atoms with Gasteiger partial charge in [-0.05, 0) is 42.5 Å². The zero-order valence-corrected chi connectivity index (χ0v) is 13.0. The van der Waals surface area contributed by atoms with E-state index in [2.05, 4.69) is 5.32 Å². The number of aromatic carboxylic acids is 1. The Bertz CT molecular complexity index is 715. The highest BCUT2D eigenvalue weighted by atomic mass is 35.5. The second-order valence-electron chi connectivity index (χ2n) is 4.51. The zero-order chi connectivity index (χ0) is 16.8. The highest BCUT2D eigenvalue weighted by Gasteiger charge is 2.10. The Morgan fingerprint density at radius 2 is 1.78 bits per heavy atom. The molecule has 2 aromatic rings. The molecule has 23 heavy (non-hydrogen) atoms. The number of rotatable bonds is 6. The van der Waals surface area contributed by atoms with Gasteiger partial charge in [-0.25, -0.2) is 4.79 Å². The van der Waals surface area contributed by atoms with Crippen LogP contribution in [0.15, 0.2) is 42.5 Å². The Hall–Kier alpha value is -2.73. The average Bonchev–Trinajstić information content (AvgIpc) is 2.55. The number of nitrogens with one attached hydrogen (secondary N) is 1. The van der Waals surface area contributed by atoms with Crippen molar-refractivity contribution in [3.8, 4) is 11.5 Å². The van der Waals surface area contributed by atoms with Gasteiger partial charge in [0.15, 0.2) is 6.61 Å². The third-order valence-corrected chi connectivity index (χ3v) is 3.25. The molecule has 2 aromatic carbocycles. The minimum atomic E-state index is -1.10. The zero-order valence-electron chi connectivity index (χ0n) is 12.2. The van der Waals surface area contributed by atoms with E-state index in [0.29, 0.717) is 11.5 Å². The van der Waals surface area contributed by atoms with Gasteiger partial charge in [0, 0.05) is 0 Å². The molecule has 0 radical (unpaired) electrons. The molecule has 1 amide bonds. The molecular formula is C16H14ClNO5. The van der Waals surface area contributed by atoms with Crippen LogP contribution in [0.2, 0.25) is 5.02 Å². The number of hydrogen-bond donors (Lipinski definition) is 2. The lowest BCUT2D eigenvalue weighted by molar-refractivity contribution is -0.118. The first-order valence-corrected chi connectivity index (χ1v) is 6.97. The van der Waals surface area contributed by atoms with Crippen LogP contribution in [-0.4, -0.2) is 30.7 Å². The summed E-state index contributed by atoms with van der Waals surface area (Å²) in [5.41, 5.74) is 0.246. The molecule has 0 saturated carbocycles. The summed E-state index contributed by atoms with van der Waals surface area (Å²) in [5, 5.41) is 11.7. The molecule has 6 nitrogen and oxygen atoms in total. The van der Waals surface area contributed by atoms with Crippen LogP contribution in [-0.2, 0) is 4.79 Å². The molecular weight excluding hydrogens is 322 g/mol. The molecule has 2 N–H and O–H groups in total. The molecule has 0 saturated heterocycles. The number of carboxylic acid groups (broad SMARTS) is 1. The lowest BCUT2D eigenvalue weighted by Gasteiger charge is -2.10. The van der Waals surface area contributed by atoms with Gasteiger partial charge in [0.2, 0.25) is 0 Å². The van der Waals surface area contributed by atoms with E-state index < -0.39 is 11.9 Å². The van der Waals surface area contributed by atoms with Crippen LogP contribution in [0.3, 0.4) is 0 Å². The van der Waals surface area contributed by atoms with Crippen molar-refractivity contribution >= 4 is 29.2 Å². The summed E-state index contributed by atoms with van der Waals surface area (Å²) in [4.78, 5) is 22.8. The van der Waals surface area contributed by atoms with E-state index in [1.807, 2.05) is 0 Å². The number of methoxy groups -OCH3 is 1. The number of hydrogen-bond acceptors (Lipinski definition) is 4. The van der Waals surface area contributed by atoms with Crippen LogP contribution in [0, 0.1) is 0 Å². The van der Waals surface area contributed by atoms with Crippen molar-refractivity contribution < 1.29 is 24.2 Å². The summed E-state index contributed by atoms with van der Waals surface area (Å²) < 4.78 is 10.4. The molecule has 2 rings (SSSR count). The minimum absolute atomic E-state index is 0.0285. The number of carboxylic acids is 1. The fourth-order valence-corrected chi connectivity index (χ4v) is 1.93. The summed E-state index contributed by atoms with van der Waals surface area (Å²) in [6.45, 7) is -0.236. The second kappa shape index (κ2) is 7.51. The predicted octanol–water partition coefficient (Wildman–Crippen LogP) is 3.06. The molecule has 0 fully saturated rings. The molecule has 0 aliphatic carbocycles. The van der Waals surface area contributed by atoms with Crippen molar-refractivity contribution in [2.45, 2.75) is 0 Å². The topological polar surface area (TPSA) is 84.9 Å². The number of halogens is 1. The van der Waals surface area contributed by atoms with Crippen LogP contribution in [0.1, 0.15) is 10.4 Å². The van der Waals surface area contributed by atoms with Crippen molar-refractivity contribution in [2.75, 3.05) is 19.0 Å². The minimum Gasteiger partial charge on any atom is -0.497 e. The van der Waals surface area contributed by atoms with Gasteiger partial charge in [-0.2, -0.15) is 0 Å². The summed E-state index contributed by atoms with van der Waals surface area (Å²) in [6, 6.07) is 10.8. The van der Waals surface area contributed by atoms with E-state index in [0.717, 1.165) is 0 Å². The molecule has 0 unspecified atom stereocenters. The summed E-state index contributed by atoms with van der Waals surface area (Å²) in [5.74, 6) is -0.373. The van der Waals surface area contributed by atoms with Gasteiger partial charge in [0.05, 0.1) is 23.4 Å². The first-order valence-electron chi connectivity index (χ1n) is 6.59. The smallest absolute Gasteiger partial charge is 0.335 e. The normalized spacial score (nSPS) is 10.0. The van der Waals surface area contributed by atoms with Gasteiger partial charge in [0.1, 0.15) is 11.5 Å². The van der Waals surface area contributed by atoms with Crippen LogP contribution in [0.4, 0.5) is 5.69 Å². The standard InChI is InChI=1S/C16H14ClNO5/c1-22-11-3-5-12(6-4-11)23-9-15(19)18-14-8-10(16(20)21)2-7-13(14)17/h2-8H,9H2,1H3,(H,18,19)(H,20,21). The number of amides is 1. The number of carbonyl (C=O) groups excluding carboxylic acids is 1. The fourth-order valence-electron chi connectivity index (χ4n) is 1.76. The number of benzene rings is 2. The van der Waals surface area contributed by atoms with Crippen molar-refractivity contribution in [1.82, 2.24) is 0 Å². The van der Waals surface area contributed by atoms with Crippen LogP contribution in [0.25, 0.3) is 0 Å². The molecule has 0 aliphatic heterocycles. The van der Waals surface area contributed by atoms with E-state index in [-0.39, 0.29) is 22.9 Å². The molecule has 0 aliphatic rings. The van der Waals surface area contributed by atoms with Crippen molar-refractivity contribution in [3.63, 3.8) is 0 Å². The first-order chi connectivity index (χ1) is 11.0. The van der Waals surface area contributed by atoms with Gasteiger partial charge >= 0.3 is 5.97 Å². The van der Waals surface area contributed by atoms with Gasteiger partial charge in [0.25, 0.3) is 5.91 Å². The van der Waals surface area contributed by atoms with Crippen LogP contribution >= 0.6 is 11.6 Å². The Kier molecular flexibility index (Phi) is 5.43.